The van der Waals surface area contributed by atoms with Crippen molar-refractivity contribution in [2.45, 2.75) is 25.4 Å². The van der Waals surface area contributed by atoms with E-state index >= 15 is 0 Å². The summed E-state index contributed by atoms with van der Waals surface area (Å²) in [7, 11) is 0. The summed E-state index contributed by atoms with van der Waals surface area (Å²) in [6.07, 6.45) is 4.42. The molecule has 1 fully saturated rings. The van der Waals surface area contributed by atoms with E-state index in [0.29, 0.717) is 11.6 Å². The van der Waals surface area contributed by atoms with Gasteiger partial charge >= 0.3 is 0 Å². The normalized spacial score (nSPS) is 15.8. The highest BCUT2D eigenvalue weighted by Gasteiger charge is 2.13. The van der Waals surface area contributed by atoms with Crippen molar-refractivity contribution in [1.29, 1.82) is 0 Å². The van der Waals surface area contributed by atoms with Crippen molar-refractivity contribution in [2.24, 2.45) is 0 Å². The number of aliphatic hydroxyl groups excluding tert-OH is 1. The maximum atomic E-state index is 9.60. The predicted octanol–water partition coefficient (Wildman–Crippen LogP) is 3.16. The molecular weight excluding hydrogens is 310 g/mol. The maximum Gasteiger partial charge on any atom is 0.128 e. The third kappa shape index (κ3) is 4.22. The zero-order valence-electron chi connectivity index (χ0n) is 13.1. The molecule has 3 rings (SSSR count). The minimum absolute atomic E-state index is 0.0426. The van der Waals surface area contributed by atoms with Crippen LogP contribution in [0.1, 0.15) is 30.0 Å². The highest BCUT2D eigenvalue weighted by atomic mass is 35.5. The van der Waals surface area contributed by atoms with E-state index in [4.69, 9.17) is 11.6 Å². The third-order valence-electron chi connectivity index (χ3n) is 4.25. The van der Waals surface area contributed by atoms with Crippen molar-refractivity contribution in [3.63, 3.8) is 0 Å². The minimum atomic E-state index is -0.106. The second-order valence-corrected chi connectivity index (χ2v) is 6.32. The van der Waals surface area contributed by atoms with Crippen molar-refractivity contribution in [1.82, 2.24) is 10.3 Å². The van der Waals surface area contributed by atoms with Crippen LogP contribution in [0.4, 0.5) is 5.82 Å². The first kappa shape index (κ1) is 16.2. The van der Waals surface area contributed by atoms with Gasteiger partial charge in [0.15, 0.2) is 0 Å². The Morgan fingerprint density at radius 2 is 1.87 bits per heavy atom. The van der Waals surface area contributed by atoms with Crippen molar-refractivity contribution >= 4 is 17.4 Å². The van der Waals surface area contributed by atoms with Gasteiger partial charge in [-0.25, -0.2) is 4.98 Å². The van der Waals surface area contributed by atoms with E-state index in [1.807, 2.05) is 30.5 Å². The van der Waals surface area contributed by atoms with E-state index in [1.165, 1.54) is 12.8 Å². The summed E-state index contributed by atoms with van der Waals surface area (Å²) in [5, 5.41) is 13.7. The van der Waals surface area contributed by atoms with E-state index in [9.17, 15) is 5.11 Å². The molecule has 0 aliphatic carbocycles. The summed E-state index contributed by atoms with van der Waals surface area (Å²) in [5.74, 6) is 1.06. The number of rotatable bonds is 6. The molecule has 122 valence electrons. The Hall–Kier alpha value is -1.62. The topological polar surface area (TPSA) is 48.4 Å². The third-order valence-corrected chi connectivity index (χ3v) is 4.50. The molecule has 1 aromatic carbocycles. The van der Waals surface area contributed by atoms with Gasteiger partial charge in [-0.2, -0.15) is 0 Å². The first-order valence-corrected chi connectivity index (χ1v) is 8.43. The Balaban J connectivity index is 1.59. The predicted molar refractivity (Wildman–Crippen MR) is 93.8 cm³/mol. The average Bonchev–Trinajstić information content (AvgIpc) is 3.12. The van der Waals surface area contributed by atoms with Gasteiger partial charge in [0.25, 0.3) is 0 Å². The summed E-state index contributed by atoms with van der Waals surface area (Å²) < 4.78 is 0. The summed E-state index contributed by atoms with van der Waals surface area (Å²) in [6.45, 7) is 2.92. The first-order chi connectivity index (χ1) is 11.3. The lowest BCUT2D eigenvalue weighted by Gasteiger charge is -2.18. The van der Waals surface area contributed by atoms with Crippen LogP contribution >= 0.6 is 11.6 Å². The molecule has 1 aliphatic heterocycles. The minimum Gasteiger partial charge on any atom is -0.394 e. The largest absolute Gasteiger partial charge is 0.394 e. The number of pyridine rings is 1. The van der Waals surface area contributed by atoms with Crippen LogP contribution in [0.5, 0.6) is 0 Å². The molecule has 1 saturated heterocycles. The maximum absolute atomic E-state index is 9.60. The van der Waals surface area contributed by atoms with Gasteiger partial charge in [0, 0.05) is 30.9 Å². The molecule has 5 heteroatoms. The average molecular weight is 332 g/mol. The molecule has 23 heavy (non-hydrogen) atoms. The van der Waals surface area contributed by atoms with Crippen LogP contribution in [0.2, 0.25) is 5.02 Å². The molecule has 0 saturated carbocycles. The van der Waals surface area contributed by atoms with E-state index in [1.54, 1.807) is 0 Å². The van der Waals surface area contributed by atoms with Crippen LogP contribution < -0.4 is 10.2 Å². The Morgan fingerprint density at radius 3 is 2.48 bits per heavy atom. The van der Waals surface area contributed by atoms with Gasteiger partial charge in [-0.05, 0) is 42.2 Å². The van der Waals surface area contributed by atoms with Crippen LogP contribution in [0, 0.1) is 0 Å². The number of aromatic nitrogens is 1. The van der Waals surface area contributed by atoms with Gasteiger partial charge in [0.2, 0.25) is 0 Å². The van der Waals surface area contributed by atoms with Crippen LogP contribution in [0.25, 0.3) is 0 Å². The smallest absolute Gasteiger partial charge is 0.128 e. The lowest BCUT2D eigenvalue weighted by molar-refractivity contribution is 0.243. The Labute approximate surface area is 142 Å². The van der Waals surface area contributed by atoms with Crippen molar-refractivity contribution in [2.75, 3.05) is 24.6 Å². The summed E-state index contributed by atoms with van der Waals surface area (Å²) in [4.78, 5) is 6.88. The van der Waals surface area contributed by atoms with Gasteiger partial charge in [-0.15, -0.1) is 0 Å². The fourth-order valence-corrected chi connectivity index (χ4v) is 3.00. The van der Waals surface area contributed by atoms with Gasteiger partial charge in [0.05, 0.1) is 12.6 Å². The molecule has 2 aromatic rings. The Kier molecular flexibility index (Phi) is 5.49. The molecule has 4 nitrogen and oxygen atoms in total. The number of aliphatic hydroxyl groups is 1. The van der Waals surface area contributed by atoms with Crippen molar-refractivity contribution in [3.05, 3.63) is 58.7 Å². The molecule has 1 atom stereocenters. The molecule has 1 aliphatic rings. The standard InChI is InChI=1S/C18H22ClN3O/c19-16-6-4-15(5-7-16)17(13-23)20-11-14-3-8-18(21-12-14)22-9-1-2-10-22/h3-8,12,17,20,23H,1-2,9-11,13H2. The number of nitrogens with one attached hydrogen (secondary N) is 1. The highest BCUT2D eigenvalue weighted by Crippen LogP contribution is 2.19. The lowest BCUT2D eigenvalue weighted by Crippen LogP contribution is -2.24. The SMILES string of the molecule is OCC(NCc1ccc(N2CCCC2)nc1)c1ccc(Cl)cc1. The quantitative estimate of drug-likeness (QED) is 0.853. The van der Waals surface area contributed by atoms with Crippen LogP contribution in [-0.2, 0) is 6.54 Å². The number of hydrogen-bond donors (Lipinski definition) is 2. The van der Waals surface area contributed by atoms with Gasteiger partial charge < -0.3 is 15.3 Å². The lowest BCUT2D eigenvalue weighted by atomic mass is 10.1. The number of benzene rings is 1. The number of nitrogens with zero attached hydrogens (tertiary/aromatic N) is 2. The molecule has 0 radical (unpaired) electrons. The molecular formula is C18H22ClN3O. The first-order valence-electron chi connectivity index (χ1n) is 8.06. The molecule has 2 N–H and O–H groups in total. The molecule has 1 unspecified atom stereocenters. The fourth-order valence-electron chi connectivity index (χ4n) is 2.88. The zero-order valence-corrected chi connectivity index (χ0v) is 13.8. The Bertz CT molecular complexity index is 609. The number of halogens is 1. The number of anilines is 1. The molecule has 2 heterocycles. The zero-order chi connectivity index (χ0) is 16.1. The molecule has 0 spiro atoms. The van der Waals surface area contributed by atoms with E-state index in [2.05, 4.69) is 27.3 Å². The van der Waals surface area contributed by atoms with E-state index < -0.39 is 0 Å². The fraction of sp³-hybridized carbons (Fsp3) is 0.389. The van der Waals surface area contributed by atoms with Gasteiger partial charge in [-0.1, -0.05) is 29.8 Å². The summed E-state index contributed by atoms with van der Waals surface area (Å²) in [6, 6.07) is 11.6. The van der Waals surface area contributed by atoms with E-state index in [0.717, 1.165) is 30.0 Å². The molecule has 1 aromatic heterocycles. The Morgan fingerprint density at radius 1 is 1.13 bits per heavy atom. The summed E-state index contributed by atoms with van der Waals surface area (Å²) in [5.41, 5.74) is 2.14. The molecule has 0 bridgehead atoms. The van der Waals surface area contributed by atoms with E-state index in [-0.39, 0.29) is 12.6 Å². The van der Waals surface area contributed by atoms with Gasteiger partial charge in [-0.3, -0.25) is 0 Å². The van der Waals surface area contributed by atoms with Gasteiger partial charge in [0.1, 0.15) is 5.82 Å². The number of hydrogen-bond acceptors (Lipinski definition) is 4. The monoisotopic (exact) mass is 331 g/mol. The second kappa shape index (κ2) is 7.77. The van der Waals surface area contributed by atoms with Crippen LogP contribution in [0.3, 0.4) is 0 Å². The summed E-state index contributed by atoms with van der Waals surface area (Å²) >= 11 is 5.91. The van der Waals surface area contributed by atoms with Crippen molar-refractivity contribution in [3.8, 4) is 0 Å². The second-order valence-electron chi connectivity index (χ2n) is 5.89. The van der Waals surface area contributed by atoms with Crippen LogP contribution in [0.15, 0.2) is 42.6 Å². The highest BCUT2D eigenvalue weighted by molar-refractivity contribution is 6.30. The molecule has 0 amide bonds. The van der Waals surface area contributed by atoms with Crippen molar-refractivity contribution < 1.29 is 5.11 Å². The van der Waals surface area contributed by atoms with Crippen LogP contribution in [-0.4, -0.2) is 29.8 Å².